The highest BCUT2D eigenvalue weighted by Crippen LogP contribution is 2.84. The minimum Gasteiger partial charge on any atom is -0.480 e. The van der Waals surface area contributed by atoms with Gasteiger partial charge in [0.2, 0.25) is 3.23 Å². The predicted molar refractivity (Wildman–Crippen MR) is 367 cm³/mol. The van der Waals surface area contributed by atoms with Crippen molar-refractivity contribution in [2.75, 3.05) is 0 Å². The molecule has 0 aromatic rings. The van der Waals surface area contributed by atoms with E-state index in [-0.39, 0.29) is 0 Å². The summed E-state index contributed by atoms with van der Waals surface area (Å²) in [7, 11) is 0. The van der Waals surface area contributed by atoms with Crippen LogP contribution in [0.5, 0.6) is 0 Å². The van der Waals surface area contributed by atoms with Crippen LogP contribution < -0.4 is 0 Å². The van der Waals surface area contributed by atoms with Crippen LogP contribution in [-0.2, 0) is 4.79 Å². The predicted octanol–water partition coefficient (Wildman–Crippen LogP) is 25.7. The Balaban J connectivity index is 7.83. The number of hydrogen-bond donors (Lipinski definition) is 1. The lowest BCUT2D eigenvalue weighted by molar-refractivity contribution is -0.137. The molecule has 0 aliphatic rings. The minimum absolute atomic E-state index is 0.928. The van der Waals surface area contributed by atoms with E-state index in [0.717, 1.165) is 0 Å². The summed E-state index contributed by atoms with van der Waals surface area (Å²) in [5.41, 5.74) is 0. The van der Waals surface area contributed by atoms with Gasteiger partial charge in [-0.25, -0.2) is 4.79 Å². The zero-order chi connectivity index (χ0) is 46.1. The van der Waals surface area contributed by atoms with E-state index in [9.17, 15) is 9.90 Å². The average molecular weight is 3050 g/mol. The number of hydrogen-bond acceptors (Lipinski definition) is 1. The van der Waals surface area contributed by atoms with E-state index in [0.29, 0.717) is 0 Å². The van der Waals surface area contributed by atoms with Crippen LogP contribution in [0.4, 0.5) is 0 Å². The fourth-order valence-corrected chi connectivity index (χ4v) is 38.0. The number of carboxylic acid groups (broad SMARTS) is 1. The van der Waals surface area contributed by atoms with Gasteiger partial charge in [-0.2, -0.15) is 0 Å². The summed E-state index contributed by atoms with van der Waals surface area (Å²) < 4.78 is -23.1. The largest absolute Gasteiger partial charge is 0.480 e. The number of carbonyl (C=O) groups is 1. The first kappa shape index (κ1) is 71.3. The Hall–Kier alpha value is 16.3. The van der Waals surface area contributed by atoms with Gasteiger partial charge in [0.15, 0.2) is 2.14 Å². The molecule has 0 heterocycles. The number of carboxylic acids is 1. The molecule has 0 aliphatic carbocycles. The second-order valence-electron chi connectivity index (χ2n) is 9.99. The standard InChI is InChI=1S/C18HBr35O2/c19-2(20,1(54)55)3(21,22)4(23,24)5(25,26)6(27,28)7(29,30)8(31,32)9(33,34)10(35,36)11(37,38)12(39,40)13(41,42)14(43,44)15(45,46)16(47,48)17(49,50)18(51,52)53/h(H,54,55). The van der Waals surface area contributed by atoms with Gasteiger partial charge in [0.05, 0.1) is 0 Å². The van der Waals surface area contributed by atoms with Crippen LogP contribution in [0.15, 0.2) is 0 Å². The molecule has 0 aromatic heterocycles. The molecule has 37 heteroatoms. The molecular weight excluding hydrogens is 3040 g/mol. The lowest BCUT2D eigenvalue weighted by Gasteiger charge is -2.62. The number of alkyl halides is 35. The lowest BCUT2D eigenvalue weighted by Crippen LogP contribution is -2.74. The van der Waals surface area contributed by atoms with Crippen LogP contribution >= 0.6 is 558 Å². The molecule has 0 fully saturated rings. The molecule has 0 aliphatic heterocycles. The molecule has 0 bridgehead atoms. The van der Waals surface area contributed by atoms with E-state index < -0.39 is 59.8 Å². The molecule has 330 valence electrons. The molecule has 2 nitrogen and oxygen atoms in total. The SMILES string of the molecule is O=C(O)C(Br)(Br)C(Br)(Br)C(Br)(Br)C(Br)(Br)C(Br)(Br)C(Br)(Br)C(Br)(Br)C(Br)(Br)C(Br)(Br)C(Br)(Br)C(Br)(Br)C(Br)(Br)C(Br)(Br)C(Br)(Br)C(Br)(Br)C(Br)(Br)C(Br)(Br)Br. The number of aliphatic carboxylic acids is 1. The summed E-state index contributed by atoms with van der Waals surface area (Å²) in [6, 6.07) is 0. The van der Waals surface area contributed by atoms with Crippen molar-refractivity contribution in [3.8, 4) is 0 Å². The normalized spacial score (nSPS) is 17.1. The quantitative estimate of drug-likeness (QED) is 0.156. The monoisotopic (exact) mass is 3010 g/mol. The molecule has 0 unspecified atom stereocenters. The van der Waals surface area contributed by atoms with Gasteiger partial charge in [0, 0.05) is 0 Å². The Bertz CT molecular complexity index is 1440. The Morgan fingerprint density at radius 3 is 0.436 bits per heavy atom. The third kappa shape index (κ3) is 11.8. The summed E-state index contributed by atoms with van der Waals surface area (Å²) in [5, 5.41) is 10.1. The smallest absolute Gasteiger partial charge is 0.333 e. The molecule has 0 saturated heterocycles. The van der Waals surface area contributed by atoms with Gasteiger partial charge in [-0.1, -0.05) is 558 Å². The van der Waals surface area contributed by atoms with Crippen molar-refractivity contribution >= 4 is 564 Å². The molecule has 55 heavy (non-hydrogen) atoms. The van der Waals surface area contributed by atoms with Crippen molar-refractivity contribution in [3.63, 3.8) is 0 Å². The van der Waals surface area contributed by atoms with Crippen molar-refractivity contribution in [1.29, 1.82) is 0 Å². The van der Waals surface area contributed by atoms with Gasteiger partial charge in [0.25, 0.3) is 0 Å². The highest BCUT2D eigenvalue weighted by atomic mass is 80.0. The summed E-state index contributed by atoms with van der Waals surface area (Å²) >= 11 is 134. The van der Waals surface area contributed by atoms with Crippen LogP contribution in [0.1, 0.15) is 0 Å². The van der Waals surface area contributed by atoms with Crippen LogP contribution in [-0.4, -0.2) is 65.0 Å². The van der Waals surface area contributed by atoms with Gasteiger partial charge in [0.1, 0.15) is 48.5 Å². The van der Waals surface area contributed by atoms with Crippen molar-refractivity contribution in [2.45, 2.75) is 53.9 Å². The number of halogens is 35. The van der Waals surface area contributed by atoms with Gasteiger partial charge in [-0.3, -0.25) is 0 Å². The minimum atomic E-state index is -1.80. The van der Waals surface area contributed by atoms with Gasteiger partial charge >= 0.3 is 5.97 Å². The molecule has 0 saturated carbocycles. The maximum absolute atomic E-state index is 12.4. The molecule has 0 radical (unpaired) electrons. The highest BCUT2D eigenvalue weighted by molar-refractivity contribution is 9.43. The Morgan fingerprint density at radius 1 is 0.218 bits per heavy atom. The second-order valence-corrected chi connectivity index (χ2v) is 71.8. The Kier molecular flexibility index (Phi) is 29.7. The van der Waals surface area contributed by atoms with E-state index >= 15 is 0 Å². The third-order valence-corrected chi connectivity index (χ3v) is 81.0. The molecule has 0 atom stereocenters. The summed E-state index contributed by atoms with van der Waals surface area (Å²) in [4.78, 5) is 12.4. The first-order valence-electron chi connectivity index (χ1n) is 11.3. The van der Waals surface area contributed by atoms with Crippen LogP contribution in [0.25, 0.3) is 0 Å². The van der Waals surface area contributed by atoms with E-state index in [4.69, 9.17) is 0 Å². The van der Waals surface area contributed by atoms with Crippen molar-refractivity contribution < 1.29 is 9.90 Å². The summed E-state index contributed by atoms with van der Waals surface area (Å²) in [6.07, 6.45) is 0. The average Bonchev–Trinajstić information content (AvgIpc) is 2.94. The van der Waals surface area contributed by atoms with Crippen LogP contribution in [0, 0.1) is 0 Å². The zero-order valence-electron chi connectivity index (χ0n) is 23.1. The van der Waals surface area contributed by atoms with Crippen LogP contribution in [0.2, 0.25) is 0 Å². The Labute approximate surface area is 611 Å². The van der Waals surface area contributed by atoms with Crippen molar-refractivity contribution in [1.82, 2.24) is 0 Å². The lowest BCUT2D eigenvalue weighted by atomic mass is 10.0. The number of rotatable bonds is 16. The Morgan fingerprint density at radius 2 is 0.327 bits per heavy atom. The highest BCUT2D eigenvalue weighted by Gasteiger charge is 2.84. The fraction of sp³-hybridized carbons (Fsp3) is 0.944. The summed E-state index contributed by atoms with van der Waals surface area (Å²) in [6.45, 7) is 0. The molecule has 0 amide bonds. The van der Waals surface area contributed by atoms with Crippen molar-refractivity contribution in [3.05, 3.63) is 0 Å². The zero-order valence-corrected chi connectivity index (χ0v) is 78.6. The summed E-state index contributed by atoms with van der Waals surface area (Å²) in [5.74, 6) is -1.25. The molecule has 0 spiro atoms. The van der Waals surface area contributed by atoms with E-state index in [2.05, 4.69) is 558 Å². The molecule has 0 rings (SSSR count). The van der Waals surface area contributed by atoms with Gasteiger partial charge < -0.3 is 5.11 Å². The van der Waals surface area contributed by atoms with Crippen LogP contribution in [0.3, 0.4) is 0 Å². The van der Waals surface area contributed by atoms with Gasteiger partial charge in [-0.05, 0) is 0 Å². The van der Waals surface area contributed by atoms with E-state index in [1.807, 2.05) is 0 Å². The van der Waals surface area contributed by atoms with E-state index in [1.165, 1.54) is 0 Å². The van der Waals surface area contributed by atoms with Crippen molar-refractivity contribution in [2.24, 2.45) is 0 Å². The third-order valence-electron chi connectivity index (χ3n) is 6.54. The fourth-order valence-electron chi connectivity index (χ4n) is 3.07. The topological polar surface area (TPSA) is 37.3 Å². The first-order valence-corrected chi connectivity index (χ1v) is 39.0. The molecule has 0 aromatic carbocycles. The first-order chi connectivity index (χ1) is 22.9. The molecular formula is C18HBr35O2. The van der Waals surface area contributed by atoms with E-state index in [1.54, 1.807) is 0 Å². The maximum Gasteiger partial charge on any atom is 0.333 e. The maximum atomic E-state index is 12.4. The molecule has 1 N–H and O–H groups in total. The second kappa shape index (κ2) is 22.9. The van der Waals surface area contributed by atoms with Gasteiger partial charge in [-0.15, -0.1) is 0 Å².